The third kappa shape index (κ3) is 0.970. The molecule has 62 valence electrons. The molecule has 0 amide bonds. The summed E-state index contributed by atoms with van der Waals surface area (Å²) >= 11 is 0. The van der Waals surface area contributed by atoms with Crippen LogP contribution in [0.3, 0.4) is 0 Å². The molecule has 0 aliphatic heterocycles. The Bertz CT molecular complexity index is 350. The Balaban J connectivity index is 2.61. The fraction of sp³-hybridized carbons (Fsp3) is 0.364. The predicted molar refractivity (Wildman–Crippen MR) is 51.0 cm³/mol. The van der Waals surface area contributed by atoms with Crippen LogP contribution in [0.15, 0.2) is 18.2 Å². The fourth-order valence-electron chi connectivity index (χ4n) is 1.80. The van der Waals surface area contributed by atoms with Gasteiger partial charge in [0.05, 0.1) is 5.69 Å². The van der Waals surface area contributed by atoms with E-state index in [9.17, 15) is 0 Å². The molecule has 0 bridgehead atoms. The number of rotatable bonds is 0. The first-order chi connectivity index (χ1) is 5.68. The minimum atomic E-state index is 0.500. The monoisotopic (exact) mass is 159 g/mol. The third-order valence-electron chi connectivity index (χ3n) is 2.42. The zero-order valence-electron chi connectivity index (χ0n) is 7.76. The minimum Gasteiger partial charge on any atom is -0.257 e. The van der Waals surface area contributed by atoms with Crippen molar-refractivity contribution >= 4 is 5.57 Å². The highest BCUT2D eigenvalue weighted by molar-refractivity contribution is 5.71. The van der Waals surface area contributed by atoms with E-state index >= 15 is 0 Å². The van der Waals surface area contributed by atoms with Crippen LogP contribution in [0.1, 0.15) is 36.7 Å². The second kappa shape index (κ2) is 2.44. The van der Waals surface area contributed by atoms with Gasteiger partial charge >= 0.3 is 0 Å². The molecule has 1 atom stereocenters. The number of aromatic nitrogens is 1. The summed E-state index contributed by atoms with van der Waals surface area (Å²) in [6.45, 7) is 6.39. The molecule has 2 rings (SSSR count). The van der Waals surface area contributed by atoms with E-state index in [2.05, 4.69) is 37.0 Å². The second-order valence-electron chi connectivity index (χ2n) is 3.52. The van der Waals surface area contributed by atoms with Crippen molar-refractivity contribution in [2.45, 2.75) is 26.7 Å². The molecular weight excluding hydrogens is 146 g/mol. The normalized spacial score (nSPS) is 20.6. The Morgan fingerprint density at radius 1 is 1.25 bits per heavy atom. The molecule has 1 aliphatic rings. The van der Waals surface area contributed by atoms with E-state index in [4.69, 9.17) is 0 Å². The predicted octanol–water partition coefficient (Wildman–Crippen LogP) is 2.91. The molecule has 12 heavy (non-hydrogen) atoms. The van der Waals surface area contributed by atoms with Crippen LogP contribution in [-0.2, 0) is 0 Å². The van der Waals surface area contributed by atoms with Crippen molar-refractivity contribution < 1.29 is 0 Å². The van der Waals surface area contributed by atoms with E-state index in [0.29, 0.717) is 5.92 Å². The van der Waals surface area contributed by atoms with Gasteiger partial charge in [0.1, 0.15) is 0 Å². The summed E-state index contributed by atoms with van der Waals surface area (Å²) in [5, 5.41) is 0. The Hall–Kier alpha value is -1.11. The molecule has 1 nitrogen and oxygen atoms in total. The van der Waals surface area contributed by atoms with Gasteiger partial charge in [-0.1, -0.05) is 19.1 Å². The molecular formula is C11H13N. The van der Waals surface area contributed by atoms with Gasteiger partial charge in [-0.05, 0) is 31.1 Å². The first-order valence-corrected chi connectivity index (χ1v) is 4.35. The van der Waals surface area contributed by atoms with E-state index in [1.54, 1.807) is 0 Å². The number of allylic oxidation sites excluding steroid dienone is 2. The van der Waals surface area contributed by atoms with Crippen LogP contribution in [-0.4, -0.2) is 4.98 Å². The molecule has 1 heteroatoms. The Kier molecular flexibility index (Phi) is 1.53. The SMILES string of the molecule is CC1=CC(C)c2nc(C)ccc21. The molecule has 0 radical (unpaired) electrons. The van der Waals surface area contributed by atoms with E-state index < -0.39 is 0 Å². The Morgan fingerprint density at radius 2 is 2.00 bits per heavy atom. The zero-order valence-corrected chi connectivity index (χ0v) is 7.76. The number of hydrogen-bond donors (Lipinski definition) is 0. The van der Waals surface area contributed by atoms with E-state index in [-0.39, 0.29) is 0 Å². The fourth-order valence-corrected chi connectivity index (χ4v) is 1.80. The summed E-state index contributed by atoms with van der Waals surface area (Å²) in [5.41, 5.74) is 5.05. The smallest absolute Gasteiger partial charge is 0.0547 e. The van der Waals surface area contributed by atoms with Crippen molar-refractivity contribution in [1.29, 1.82) is 0 Å². The number of fused-ring (bicyclic) bond motifs is 1. The number of nitrogens with zero attached hydrogens (tertiary/aromatic N) is 1. The minimum absolute atomic E-state index is 0.500. The summed E-state index contributed by atoms with van der Waals surface area (Å²) in [4.78, 5) is 4.53. The van der Waals surface area contributed by atoms with Crippen molar-refractivity contribution in [3.8, 4) is 0 Å². The summed E-state index contributed by atoms with van der Waals surface area (Å²) in [5.74, 6) is 0.500. The van der Waals surface area contributed by atoms with Crippen LogP contribution in [0.25, 0.3) is 5.57 Å². The topological polar surface area (TPSA) is 12.9 Å². The molecule has 0 saturated carbocycles. The molecule has 0 N–H and O–H groups in total. The third-order valence-corrected chi connectivity index (χ3v) is 2.42. The van der Waals surface area contributed by atoms with Gasteiger partial charge in [0.15, 0.2) is 0 Å². The lowest BCUT2D eigenvalue weighted by Gasteiger charge is -2.04. The van der Waals surface area contributed by atoms with Gasteiger partial charge in [0.25, 0.3) is 0 Å². The maximum Gasteiger partial charge on any atom is 0.0547 e. The van der Waals surface area contributed by atoms with Crippen LogP contribution in [0.2, 0.25) is 0 Å². The summed E-state index contributed by atoms with van der Waals surface area (Å²) in [6, 6.07) is 4.25. The molecule has 1 aromatic rings. The highest BCUT2D eigenvalue weighted by Crippen LogP contribution is 2.33. The van der Waals surface area contributed by atoms with Crippen molar-refractivity contribution in [2.75, 3.05) is 0 Å². The highest BCUT2D eigenvalue weighted by Gasteiger charge is 2.18. The largest absolute Gasteiger partial charge is 0.257 e. The van der Waals surface area contributed by atoms with Gasteiger partial charge < -0.3 is 0 Å². The molecule has 1 aliphatic carbocycles. The number of pyridine rings is 1. The zero-order chi connectivity index (χ0) is 8.72. The molecule has 0 aromatic carbocycles. The molecule has 1 unspecified atom stereocenters. The maximum atomic E-state index is 4.53. The average Bonchev–Trinajstić information content (AvgIpc) is 2.28. The van der Waals surface area contributed by atoms with Crippen LogP contribution >= 0.6 is 0 Å². The first kappa shape index (κ1) is 7.53. The van der Waals surface area contributed by atoms with E-state index in [1.807, 2.05) is 6.92 Å². The molecule has 1 heterocycles. The van der Waals surface area contributed by atoms with Crippen molar-refractivity contribution in [2.24, 2.45) is 0 Å². The van der Waals surface area contributed by atoms with Crippen LogP contribution in [0.5, 0.6) is 0 Å². The lowest BCUT2D eigenvalue weighted by Crippen LogP contribution is -1.94. The summed E-state index contributed by atoms with van der Waals surface area (Å²) in [7, 11) is 0. The highest BCUT2D eigenvalue weighted by atomic mass is 14.7. The van der Waals surface area contributed by atoms with Crippen LogP contribution in [0.4, 0.5) is 0 Å². The molecule has 0 spiro atoms. The Morgan fingerprint density at radius 3 is 2.75 bits per heavy atom. The quantitative estimate of drug-likeness (QED) is 0.567. The number of aryl methyl sites for hydroxylation is 1. The lowest BCUT2D eigenvalue weighted by molar-refractivity contribution is 0.912. The van der Waals surface area contributed by atoms with Gasteiger partial charge in [0, 0.05) is 11.6 Å². The molecule has 0 saturated heterocycles. The maximum absolute atomic E-state index is 4.53. The van der Waals surface area contributed by atoms with Crippen molar-refractivity contribution in [3.63, 3.8) is 0 Å². The van der Waals surface area contributed by atoms with Gasteiger partial charge in [-0.25, -0.2) is 0 Å². The van der Waals surface area contributed by atoms with Crippen molar-refractivity contribution in [3.05, 3.63) is 35.2 Å². The summed E-state index contributed by atoms with van der Waals surface area (Å²) in [6.07, 6.45) is 2.27. The van der Waals surface area contributed by atoms with Gasteiger partial charge in [-0.15, -0.1) is 0 Å². The summed E-state index contributed by atoms with van der Waals surface area (Å²) < 4.78 is 0. The molecule has 1 aromatic heterocycles. The van der Waals surface area contributed by atoms with Gasteiger partial charge in [0.2, 0.25) is 0 Å². The average molecular weight is 159 g/mol. The second-order valence-corrected chi connectivity index (χ2v) is 3.52. The van der Waals surface area contributed by atoms with E-state index in [0.717, 1.165) is 5.69 Å². The van der Waals surface area contributed by atoms with Gasteiger partial charge in [-0.3, -0.25) is 4.98 Å². The van der Waals surface area contributed by atoms with Crippen LogP contribution in [0, 0.1) is 6.92 Å². The van der Waals surface area contributed by atoms with Gasteiger partial charge in [-0.2, -0.15) is 0 Å². The standard InChI is InChI=1S/C11H13N/c1-7-6-8(2)11-10(7)5-4-9(3)12-11/h4-6,8H,1-3H3. The van der Waals surface area contributed by atoms with Crippen LogP contribution < -0.4 is 0 Å². The Labute approximate surface area is 73.1 Å². The number of hydrogen-bond acceptors (Lipinski definition) is 1. The molecule has 0 fully saturated rings. The lowest BCUT2D eigenvalue weighted by atomic mass is 10.1. The van der Waals surface area contributed by atoms with E-state index in [1.165, 1.54) is 16.8 Å². The van der Waals surface area contributed by atoms with Crippen molar-refractivity contribution in [1.82, 2.24) is 4.98 Å². The first-order valence-electron chi connectivity index (χ1n) is 4.35.